The quantitative estimate of drug-likeness (QED) is 0.621. The van der Waals surface area contributed by atoms with Crippen molar-refractivity contribution in [1.82, 2.24) is 0 Å². The van der Waals surface area contributed by atoms with E-state index in [4.69, 9.17) is 9.84 Å². The molecule has 1 aliphatic carbocycles. The third kappa shape index (κ3) is 1.66. The Morgan fingerprint density at radius 1 is 1.46 bits per heavy atom. The van der Waals surface area contributed by atoms with Crippen molar-refractivity contribution in [3.63, 3.8) is 0 Å². The van der Waals surface area contributed by atoms with Gasteiger partial charge in [0, 0.05) is 0 Å². The normalized spacial score (nSPS) is 34.9. The van der Waals surface area contributed by atoms with Crippen molar-refractivity contribution < 1.29 is 19.4 Å². The van der Waals surface area contributed by atoms with E-state index >= 15 is 0 Å². The van der Waals surface area contributed by atoms with Crippen LogP contribution in [0.1, 0.15) is 26.7 Å². The van der Waals surface area contributed by atoms with Crippen LogP contribution in [-0.2, 0) is 14.3 Å². The molecule has 2 rings (SSSR count). The van der Waals surface area contributed by atoms with Crippen molar-refractivity contribution in [2.45, 2.75) is 32.8 Å². The molecule has 3 atom stereocenters. The Bertz CT molecular complexity index is 224. The first-order chi connectivity index (χ1) is 6.18. The van der Waals surface area contributed by atoms with Crippen molar-refractivity contribution in [3.8, 4) is 0 Å². The van der Waals surface area contributed by atoms with Crippen LogP contribution in [0.25, 0.3) is 0 Å². The topological polar surface area (TPSA) is 63.6 Å². The van der Waals surface area contributed by atoms with E-state index < -0.39 is 11.9 Å². The van der Waals surface area contributed by atoms with Crippen LogP contribution in [0, 0.1) is 11.8 Å². The van der Waals surface area contributed by atoms with Gasteiger partial charge in [-0.15, -0.1) is 0 Å². The number of fused-ring (bicyclic) bond motifs is 2. The lowest BCUT2D eigenvalue weighted by molar-refractivity contribution is -0.158. The molecule has 1 aliphatic heterocycles. The standard InChI is InChI=1S/C7H8O4.C2H6/c8-6(9)4-1-3-2-5(4)7(10)11-3;1-2/h3-5H,1-2H2,(H,8,9);1-2H3. The minimum absolute atomic E-state index is 0.117. The van der Waals surface area contributed by atoms with E-state index in [1.165, 1.54) is 0 Å². The second-order valence-electron chi connectivity index (χ2n) is 3.08. The van der Waals surface area contributed by atoms with Gasteiger partial charge in [-0.1, -0.05) is 13.8 Å². The van der Waals surface area contributed by atoms with Crippen LogP contribution in [0.5, 0.6) is 0 Å². The number of carbonyl (C=O) groups excluding carboxylic acids is 1. The smallest absolute Gasteiger partial charge is 0.310 e. The minimum Gasteiger partial charge on any atom is -0.481 e. The van der Waals surface area contributed by atoms with Gasteiger partial charge in [-0.2, -0.15) is 0 Å². The summed E-state index contributed by atoms with van der Waals surface area (Å²) in [6.45, 7) is 4.00. The molecule has 1 saturated heterocycles. The Labute approximate surface area is 76.9 Å². The molecular weight excluding hydrogens is 172 g/mol. The highest BCUT2D eigenvalue weighted by Gasteiger charge is 2.50. The van der Waals surface area contributed by atoms with E-state index in [1.54, 1.807) is 0 Å². The third-order valence-corrected chi connectivity index (χ3v) is 2.42. The molecule has 0 radical (unpaired) electrons. The fourth-order valence-electron chi connectivity index (χ4n) is 1.87. The van der Waals surface area contributed by atoms with E-state index in [0.717, 1.165) is 0 Å². The summed E-state index contributed by atoms with van der Waals surface area (Å²) in [7, 11) is 0. The molecule has 0 aromatic carbocycles. The second-order valence-corrected chi connectivity index (χ2v) is 3.08. The van der Waals surface area contributed by atoms with Crippen LogP contribution in [0.15, 0.2) is 0 Å². The van der Waals surface area contributed by atoms with E-state index in [1.807, 2.05) is 13.8 Å². The van der Waals surface area contributed by atoms with Crippen molar-refractivity contribution in [3.05, 3.63) is 0 Å². The Morgan fingerprint density at radius 3 is 2.38 bits per heavy atom. The molecule has 0 aromatic heterocycles. The van der Waals surface area contributed by atoms with E-state index in [0.29, 0.717) is 12.8 Å². The number of carboxylic acid groups (broad SMARTS) is 1. The molecule has 13 heavy (non-hydrogen) atoms. The summed E-state index contributed by atoms with van der Waals surface area (Å²) in [4.78, 5) is 21.4. The summed E-state index contributed by atoms with van der Waals surface area (Å²) in [5.74, 6) is -2.04. The molecule has 74 valence electrons. The largest absolute Gasteiger partial charge is 0.481 e. The molecule has 3 unspecified atom stereocenters. The Balaban J connectivity index is 0.000000396. The second kappa shape index (κ2) is 3.77. The predicted molar refractivity (Wildman–Crippen MR) is 45.1 cm³/mol. The van der Waals surface area contributed by atoms with Crippen molar-refractivity contribution in [2.24, 2.45) is 11.8 Å². The van der Waals surface area contributed by atoms with E-state index in [-0.39, 0.29) is 18.0 Å². The molecular formula is C9H14O4. The van der Waals surface area contributed by atoms with Crippen LogP contribution in [0.2, 0.25) is 0 Å². The summed E-state index contributed by atoms with van der Waals surface area (Å²) >= 11 is 0. The van der Waals surface area contributed by atoms with E-state index in [2.05, 4.69) is 0 Å². The zero-order valence-electron chi connectivity index (χ0n) is 7.82. The van der Waals surface area contributed by atoms with Gasteiger partial charge in [-0.25, -0.2) is 0 Å². The Morgan fingerprint density at radius 2 is 2.08 bits per heavy atom. The predicted octanol–water partition coefficient (Wildman–Crippen LogP) is 1.05. The van der Waals surface area contributed by atoms with Gasteiger partial charge in [0.2, 0.25) is 0 Å². The van der Waals surface area contributed by atoms with Gasteiger partial charge in [0.15, 0.2) is 0 Å². The molecule has 1 saturated carbocycles. The summed E-state index contributed by atoms with van der Waals surface area (Å²) in [5, 5.41) is 8.65. The maximum Gasteiger partial charge on any atom is 0.310 e. The summed E-state index contributed by atoms with van der Waals surface area (Å²) < 4.78 is 4.84. The van der Waals surface area contributed by atoms with Crippen LogP contribution in [0.3, 0.4) is 0 Å². The molecule has 0 spiro atoms. The molecule has 2 bridgehead atoms. The van der Waals surface area contributed by atoms with Crippen LogP contribution in [-0.4, -0.2) is 23.1 Å². The number of esters is 1. The lowest BCUT2D eigenvalue weighted by atomic mass is 9.96. The number of carboxylic acids is 1. The summed E-state index contributed by atoms with van der Waals surface area (Å²) in [5.41, 5.74) is 0. The number of carbonyl (C=O) groups is 2. The van der Waals surface area contributed by atoms with Crippen LogP contribution >= 0.6 is 0 Å². The SMILES string of the molecule is CC.O=C(O)C1CC2CC1C(=O)O2. The van der Waals surface area contributed by atoms with Crippen LogP contribution in [0.4, 0.5) is 0 Å². The van der Waals surface area contributed by atoms with Gasteiger partial charge < -0.3 is 9.84 Å². The summed E-state index contributed by atoms with van der Waals surface area (Å²) in [6.07, 6.45) is 0.996. The average Bonchev–Trinajstić information content (AvgIpc) is 2.65. The van der Waals surface area contributed by atoms with Gasteiger partial charge in [0.1, 0.15) is 6.10 Å². The summed E-state index contributed by atoms with van der Waals surface area (Å²) in [6, 6.07) is 0. The number of aliphatic carboxylic acids is 1. The first kappa shape index (κ1) is 10.0. The molecule has 4 heteroatoms. The van der Waals surface area contributed by atoms with E-state index in [9.17, 15) is 9.59 Å². The maximum atomic E-state index is 10.9. The fourth-order valence-corrected chi connectivity index (χ4v) is 1.87. The number of ether oxygens (including phenoxy) is 1. The monoisotopic (exact) mass is 186 g/mol. The van der Waals surface area contributed by atoms with Crippen molar-refractivity contribution in [1.29, 1.82) is 0 Å². The van der Waals surface area contributed by atoms with Gasteiger partial charge in [0.25, 0.3) is 0 Å². The molecule has 2 aliphatic rings. The maximum absolute atomic E-state index is 10.9. The van der Waals surface area contributed by atoms with Gasteiger partial charge in [-0.3, -0.25) is 9.59 Å². The molecule has 0 aromatic rings. The van der Waals surface area contributed by atoms with Crippen molar-refractivity contribution in [2.75, 3.05) is 0 Å². The van der Waals surface area contributed by atoms with Gasteiger partial charge in [0.05, 0.1) is 11.8 Å². The van der Waals surface area contributed by atoms with Crippen LogP contribution < -0.4 is 0 Å². The third-order valence-electron chi connectivity index (χ3n) is 2.42. The highest BCUT2D eigenvalue weighted by Crippen LogP contribution is 2.40. The number of hydrogen-bond donors (Lipinski definition) is 1. The zero-order chi connectivity index (χ0) is 10.0. The fraction of sp³-hybridized carbons (Fsp3) is 0.778. The minimum atomic E-state index is -0.867. The van der Waals surface area contributed by atoms with Crippen molar-refractivity contribution >= 4 is 11.9 Å². The Kier molecular flexibility index (Phi) is 2.90. The molecule has 1 heterocycles. The molecule has 0 amide bonds. The molecule has 4 nitrogen and oxygen atoms in total. The van der Waals surface area contributed by atoms with Gasteiger partial charge >= 0.3 is 11.9 Å². The first-order valence-electron chi connectivity index (χ1n) is 4.62. The number of hydrogen-bond acceptors (Lipinski definition) is 3. The Hall–Kier alpha value is -1.06. The lowest BCUT2D eigenvalue weighted by Crippen LogP contribution is -2.28. The number of rotatable bonds is 1. The van der Waals surface area contributed by atoms with Gasteiger partial charge in [-0.05, 0) is 12.8 Å². The molecule has 1 N–H and O–H groups in total. The average molecular weight is 186 g/mol. The highest BCUT2D eigenvalue weighted by molar-refractivity contribution is 5.84. The highest BCUT2D eigenvalue weighted by atomic mass is 16.6. The lowest BCUT2D eigenvalue weighted by Gasteiger charge is -2.16. The zero-order valence-corrected chi connectivity index (χ0v) is 7.82. The first-order valence-corrected chi connectivity index (χ1v) is 4.62. The molecule has 2 fully saturated rings.